The molecule has 0 saturated carbocycles. The van der Waals surface area contributed by atoms with E-state index in [1.165, 1.54) is 12.1 Å². The molecule has 6 heteroatoms. The highest BCUT2D eigenvalue weighted by Gasteiger charge is 2.23. The molecular formula is C9H13N3O3. The maximum absolute atomic E-state index is 10.7. The van der Waals surface area contributed by atoms with Crippen LogP contribution in [-0.4, -0.2) is 16.6 Å². The number of nitrogens with zero attached hydrogens (tertiary/aromatic N) is 1. The highest BCUT2D eigenvalue weighted by Crippen LogP contribution is 2.34. The number of phenols is 1. The highest BCUT2D eigenvalue weighted by atomic mass is 16.6. The van der Waals surface area contributed by atoms with Gasteiger partial charge in [0.25, 0.3) is 5.69 Å². The number of rotatable bonds is 3. The summed E-state index contributed by atoms with van der Waals surface area (Å²) in [6.07, 6.45) is 0. The minimum Gasteiger partial charge on any atom is -0.507 e. The number of hydrogen-bond donors (Lipinski definition) is 3. The summed E-state index contributed by atoms with van der Waals surface area (Å²) in [5, 5.41) is 20.4. The van der Waals surface area contributed by atoms with Gasteiger partial charge in [0.1, 0.15) is 5.75 Å². The lowest BCUT2D eigenvalue weighted by atomic mass is 10.0. The topological polar surface area (TPSA) is 115 Å². The molecule has 0 amide bonds. The first-order valence-corrected chi connectivity index (χ1v) is 4.41. The van der Waals surface area contributed by atoms with Gasteiger partial charge in [0.15, 0.2) is 0 Å². The lowest BCUT2D eigenvalue weighted by Crippen LogP contribution is -2.22. The zero-order valence-electron chi connectivity index (χ0n) is 8.30. The molecule has 0 aliphatic rings. The number of nitro groups is 1. The molecule has 0 radical (unpaired) electrons. The van der Waals surface area contributed by atoms with Crippen LogP contribution in [0.3, 0.4) is 0 Å². The SMILES string of the molecule is Cc1ccc([N+](=O)[O-])c([C@@H](N)CN)c1O. The van der Waals surface area contributed by atoms with Gasteiger partial charge in [-0.3, -0.25) is 10.1 Å². The van der Waals surface area contributed by atoms with Crippen molar-refractivity contribution in [1.82, 2.24) is 0 Å². The van der Waals surface area contributed by atoms with E-state index in [2.05, 4.69) is 0 Å². The molecule has 1 aromatic rings. The number of benzene rings is 1. The average molecular weight is 211 g/mol. The summed E-state index contributed by atoms with van der Waals surface area (Å²) in [5.41, 5.74) is 11.4. The van der Waals surface area contributed by atoms with Crippen LogP contribution in [0.15, 0.2) is 12.1 Å². The Labute approximate surface area is 86.7 Å². The first kappa shape index (κ1) is 11.4. The van der Waals surface area contributed by atoms with Gasteiger partial charge in [-0.15, -0.1) is 0 Å². The van der Waals surface area contributed by atoms with Gasteiger partial charge in [0.05, 0.1) is 16.5 Å². The van der Waals surface area contributed by atoms with Gasteiger partial charge in [0.2, 0.25) is 0 Å². The van der Waals surface area contributed by atoms with Crippen molar-refractivity contribution in [3.63, 3.8) is 0 Å². The second-order valence-corrected chi connectivity index (χ2v) is 3.26. The molecule has 0 aromatic heterocycles. The van der Waals surface area contributed by atoms with Gasteiger partial charge >= 0.3 is 0 Å². The third-order valence-corrected chi connectivity index (χ3v) is 2.22. The third-order valence-electron chi connectivity index (χ3n) is 2.22. The number of phenolic OH excluding ortho intramolecular Hbond substituents is 1. The molecule has 0 spiro atoms. The van der Waals surface area contributed by atoms with Gasteiger partial charge in [-0.25, -0.2) is 0 Å². The normalized spacial score (nSPS) is 12.5. The monoisotopic (exact) mass is 211 g/mol. The van der Waals surface area contributed by atoms with Crippen molar-refractivity contribution >= 4 is 5.69 Å². The molecule has 5 N–H and O–H groups in total. The van der Waals surface area contributed by atoms with E-state index >= 15 is 0 Å². The van der Waals surface area contributed by atoms with E-state index in [1.807, 2.05) is 0 Å². The average Bonchev–Trinajstić information content (AvgIpc) is 2.20. The Morgan fingerprint density at radius 3 is 2.67 bits per heavy atom. The van der Waals surface area contributed by atoms with Gasteiger partial charge in [-0.1, -0.05) is 0 Å². The predicted molar refractivity (Wildman–Crippen MR) is 55.5 cm³/mol. The Bertz CT molecular complexity index is 392. The fourth-order valence-corrected chi connectivity index (χ4v) is 1.35. The molecule has 0 unspecified atom stereocenters. The van der Waals surface area contributed by atoms with Crippen molar-refractivity contribution in [2.75, 3.05) is 6.54 Å². The second-order valence-electron chi connectivity index (χ2n) is 3.26. The first-order valence-electron chi connectivity index (χ1n) is 4.41. The van der Waals surface area contributed by atoms with Crippen LogP contribution < -0.4 is 11.5 Å². The summed E-state index contributed by atoms with van der Waals surface area (Å²) < 4.78 is 0. The van der Waals surface area contributed by atoms with Crippen molar-refractivity contribution in [3.8, 4) is 5.75 Å². The summed E-state index contributed by atoms with van der Waals surface area (Å²) in [6, 6.07) is 2.06. The maximum atomic E-state index is 10.7. The summed E-state index contributed by atoms with van der Waals surface area (Å²) in [4.78, 5) is 10.1. The van der Waals surface area contributed by atoms with Gasteiger partial charge in [-0.2, -0.15) is 0 Å². The maximum Gasteiger partial charge on any atom is 0.277 e. The van der Waals surface area contributed by atoms with Crippen LogP contribution in [0.4, 0.5) is 5.69 Å². The molecule has 0 aliphatic heterocycles. The Morgan fingerprint density at radius 2 is 2.20 bits per heavy atom. The number of nitro benzene ring substituents is 1. The van der Waals surface area contributed by atoms with E-state index in [1.54, 1.807) is 6.92 Å². The van der Waals surface area contributed by atoms with Crippen LogP contribution in [0.5, 0.6) is 5.75 Å². The van der Waals surface area contributed by atoms with Crippen LogP contribution in [0.1, 0.15) is 17.2 Å². The van der Waals surface area contributed by atoms with Crippen LogP contribution in [-0.2, 0) is 0 Å². The molecule has 0 saturated heterocycles. The number of aromatic hydroxyl groups is 1. The molecule has 0 fully saturated rings. The smallest absolute Gasteiger partial charge is 0.277 e. The lowest BCUT2D eigenvalue weighted by molar-refractivity contribution is -0.385. The van der Waals surface area contributed by atoms with Crippen LogP contribution in [0.25, 0.3) is 0 Å². The molecule has 0 bridgehead atoms. The molecule has 6 nitrogen and oxygen atoms in total. The molecule has 1 atom stereocenters. The molecule has 1 aromatic carbocycles. The number of hydrogen-bond acceptors (Lipinski definition) is 5. The Balaban J connectivity index is 3.41. The van der Waals surface area contributed by atoms with Crippen LogP contribution in [0.2, 0.25) is 0 Å². The Morgan fingerprint density at radius 1 is 1.60 bits per heavy atom. The van der Waals surface area contributed by atoms with E-state index in [-0.39, 0.29) is 23.5 Å². The summed E-state index contributed by atoms with van der Waals surface area (Å²) in [7, 11) is 0. The zero-order valence-corrected chi connectivity index (χ0v) is 8.30. The first-order chi connectivity index (χ1) is 6.99. The summed E-state index contributed by atoms with van der Waals surface area (Å²) >= 11 is 0. The predicted octanol–water partition coefficient (Wildman–Crippen LogP) is 0.567. The standard InChI is InChI=1S/C9H13N3O3/c1-5-2-3-7(12(14)15)8(9(5)13)6(11)4-10/h2-3,6,13H,4,10-11H2,1H3/t6-/m0/s1. The van der Waals surface area contributed by atoms with Crippen molar-refractivity contribution in [1.29, 1.82) is 0 Å². The molecule has 15 heavy (non-hydrogen) atoms. The van der Waals surface area contributed by atoms with Gasteiger partial charge < -0.3 is 16.6 Å². The molecular weight excluding hydrogens is 198 g/mol. The van der Waals surface area contributed by atoms with E-state index < -0.39 is 11.0 Å². The highest BCUT2D eigenvalue weighted by molar-refractivity contribution is 5.54. The fraction of sp³-hybridized carbons (Fsp3) is 0.333. The zero-order chi connectivity index (χ0) is 11.6. The largest absolute Gasteiger partial charge is 0.507 e. The minimum atomic E-state index is -0.731. The van der Waals surface area contributed by atoms with Gasteiger partial charge in [0, 0.05) is 12.6 Å². The van der Waals surface area contributed by atoms with Crippen molar-refractivity contribution in [2.24, 2.45) is 11.5 Å². The van der Waals surface area contributed by atoms with Crippen molar-refractivity contribution in [2.45, 2.75) is 13.0 Å². The summed E-state index contributed by atoms with van der Waals surface area (Å²) in [5.74, 6) is -0.151. The molecule has 0 heterocycles. The minimum absolute atomic E-state index is 0.0395. The Hall–Kier alpha value is -1.66. The Kier molecular flexibility index (Phi) is 3.23. The quantitative estimate of drug-likeness (QED) is 0.499. The van der Waals surface area contributed by atoms with Crippen molar-refractivity contribution in [3.05, 3.63) is 33.4 Å². The second kappa shape index (κ2) is 4.24. The van der Waals surface area contributed by atoms with Crippen LogP contribution >= 0.6 is 0 Å². The van der Waals surface area contributed by atoms with E-state index in [4.69, 9.17) is 11.5 Å². The fourth-order valence-electron chi connectivity index (χ4n) is 1.35. The summed E-state index contributed by atoms with van der Waals surface area (Å²) in [6.45, 7) is 1.68. The number of aryl methyl sites for hydroxylation is 1. The van der Waals surface area contributed by atoms with E-state index in [0.29, 0.717) is 5.56 Å². The number of nitrogens with two attached hydrogens (primary N) is 2. The van der Waals surface area contributed by atoms with Crippen LogP contribution in [0, 0.1) is 17.0 Å². The third kappa shape index (κ3) is 2.05. The van der Waals surface area contributed by atoms with Crippen molar-refractivity contribution < 1.29 is 10.0 Å². The molecule has 1 rings (SSSR count). The van der Waals surface area contributed by atoms with Gasteiger partial charge in [-0.05, 0) is 18.6 Å². The van der Waals surface area contributed by atoms with E-state index in [0.717, 1.165) is 0 Å². The molecule has 0 aliphatic carbocycles. The lowest BCUT2D eigenvalue weighted by Gasteiger charge is -2.12. The van der Waals surface area contributed by atoms with E-state index in [9.17, 15) is 15.2 Å². The molecule has 82 valence electrons.